The van der Waals surface area contributed by atoms with Crippen LogP contribution in [0.3, 0.4) is 0 Å². The van der Waals surface area contributed by atoms with E-state index in [1.165, 1.54) is 18.4 Å². The summed E-state index contributed by atoms with van der Waals surface area (Å²) < 4.78 is 12.0. The van der Waals surface area contributed by atoms with Gasteiger partial charge in [0.1, 0.15) is 0 Å². The van der Waals surface area contributed by atoms with Crippen molar-refractivity contribution in [2.45, 2.75) is 91.0 Å². The second-order valence-corrected chi connectivity index (χ2v) is 6.94. The van der Waals surface area contributed by atoms with Crippen LogP contribution in [0.25, 0.3) is 0 Å². The van der Waals surface area contributed by atoms with E-state index in [-0.39, 0.29) is 24.4 Å². The molecule has 1 N–H and O–H groups in total. The fourth-order valence-corrected chi connectivity index (χ4v) is 2.24. The highest BCUT2D eigenvalue weighted by Crippen LogP contribution is 2.37. The minimum atomic E-state index is -0.283. The smallest absolute Gasteiger partial charge is 0.400 e. The predicted octanol–water partition coefficient (Wildman–Crippen LogP) is 3.90. The van der Waals surface area contributed by atoms with Crippen molar-refractivity contribution in [1.29, 1.82) is 0 Å². The minimum absolute atomic E-state index is 0.252. The van der Waals surface area contributed by atoms with Crippen LogP contribution in [0, 0.1) is 0 Å². The van der Waals surface area contributed by atoms with E-state index in [1.807, 2.05) is 6.92 Å². The monoisotopic (exact) mass is 282 g/mol. The first-order chi connectivity index (χ1) is 9.18. The van der Waals surface area contributed by atoms with E-state index >= 15 is 0 Å². The Morgan fingerprint density at radius 3 is 2.15 bits per heavy atom. The summed E-state index contributed by atoms with van der Waals surface area (Å²) in [5.74, 6) is 2.12. The van der Waals surface area contributed by atoms with E-state index in [4.69, 9.17) is 9.31 Å². The number of aliphatic hydroxyl groups is 1. The summed E-state index contributed by atoms with van der Waals surface area (Å²) >= 11 is 0. The van der Waals surface area contributed by atoms with Gasteiger partial charge in [-0.15, -0.1) is 0 Å². The van der Waals surface area contributed by atoms with Gasteiger partial charge in [0.25, 0.3) is 0 Å². The molecule has 0 aromatic carbocycles. The molecule has 1 saturated heterocycles. The Kier molecular flexibility index (Phi) is 6.30. The topological polar surface area (TPSA) is 38.7 Å². The standard InChI is InChI=1S/C16H31BO3/c1-7-8-9-14(11-10-13(2)18)12-17-19-15(3,4)16(5,6)20-17/h12-13,18H,7-11H2,1-6H3/b14-12+. The normalized spacial score (nSPS) is 23.1. The Morgan fingerprint density at radius 2 is 1.70 bits per heavy atom. The molecule has 0 saturated carbocycles. The Bertz CT molecular complexity index is 319. The Labute approximate surface area is 124 Å². The number of unbranched alkanes of at least 4 members (excludes halogenated alkanes) is 1. The Hall–Kier alpha value is -0.315. The van der Waals surface area contributed by atoms with Crippen molar-refractivity contribution in [2.24, 2.45) is 0 Å². The highest BCUT2D eigenvalue weighted by molar-refractivity contribution is 6.51. The lowest BCUT2D eigenvalue weighted by Crippen LogP contribution is -2.41. The van der Waals surface area contributed by atoms with Gasteiger partial charge in [-0.3, -0.25) is 0 Å². The van der Waals surface area contributed by atoms with Crippen molar-refractivity contribution < 1.29 is 14.4 Å². The van der Waals surface area contributed by atoms with E-state index in [2.05, 4.69) is 40.6 Å². The van der Waals surface area contributed by atoms with Gasteiger partial charge in [0, 0.05) is 0 Å². The summed E-state index contributed by atoms with van der Waals surface area (Å²) in [4.78, 5) is 0. The molecule has 1 aliphatic rings. The van der Waals surface area contributed by atoms with E-state index in [0.29, 0.717) is 0 Å². The number of aliphatic hydroxyl groups excluding tert-OH is 1. The zero-order chi connectivity index (χ0) is 15.4. The second-order valence-electron chi connectivity index (χ2n) is 6.94. The number of rotatable bonds is 7. The zero-order valence-electron chi connectivity index (χ0n) is 14.0. The van der Waals surface area contributed by atoms with Crippen molar-refractivity contribution in [2.75, 3.05) is 0 Å². The van der Waals surface area contributed by atoms with Gasteiger partial charge in [-0.25, -0.2) is 0 Å². The molecule has 1 rings (SSSR count). The molecule has 0 spiro atoms. The van der Waals surface area contributed by atoms with Gasteiger partial charge in [-0.05, 0) is 60.3 Å². The summed E-state index contributed by atoms with van der Waals surface area (Å²) in [6.07, 6.45) is 4.88. The molecule has 0 aliphatic carbocycles. The third kappa shape index (κ3) is 4.90. The maximum atomic E-state index is 9.46. The molecule has 0 aromatic rings. The van der Waals surface area contributed by atoms with Crippen LogP contribution in [-0.2, 0) is 9.31 Å². The van der Waals surface area contributed by atoms with Gasteiger partial charge in [0.05, 0.1) is 17.3 Å². The first-order valence-electron chi connectivity index (χ1n) is 7.91. The first kappa shape index (κ1) is 17.7. The van der Waals surface area contributed by atoms with Crippen LogP contribution in [0.2, 0.25) is 0 Å². The summed E-state index contributed by atoms with van der Waals surface area (Å²) in [5, 5.41) is 9.46. The highest BCUT2D eigenvalue weighted by atomic mass is 16.7. The zero-order valence-corrected chi connectivity index (χ0v) is 14.0. The molecule has 20 heavy (non-hydrogen) atoms. The fourth-order valence-electron chi connectivity index (χ4n) is 2.24. The highest BCUT2D eigenvalue weighted by Gasteiger charge is 2.50. The summed E-state index contributed by atoms with van der Waals surface area (Å²) in [7, 11) is -0.263. The van der Waals surface area contributed by atoms with Gasteiger partial charge in [0.2, 0.25) is 0 Å². The van der Waals surface area contributed by atoms with Crippen molar-refractivity contribution in [3.05, 3.63) is 11.5 Å². The van der Waals surface area contributed by atoms with Crippen molar-refractivity contribution in [1.82, 2.24) is 0 Å². The predicted molar refractivity (Wildman–Crippen MR) is 84.6 cm³/mol. The molecule has 4 heteroatoms. The van der Waals surface area contributed by atoms with Crippen LogP contribution in [0.15, 0.2) is 11.5 Å². The number of hydrogen-bond donors (Lipinski definition) is 1. The Balaban J connectivity index is 2.70. The summed E-state index contributed by atoms with van der Waals surface area (Å²) in [6, 6.07) is 0. The molecule has 3 nitrogen and oxygen atoms in total. The molecule has 1 fully saturated rings. The molecule has 1 atom stereocenters. The molecule has 1 aliphatic heterocycles. The maximum Gasteiger partial charge on any atom is 0.487 e. The molecule has 116 valence electrons. The molecule has 1 heterocycles. The van der Waals surface area contributed by atoms with Crippen LogP contribution < -0.4 is 0 Å². The van der Waals surface area contributed by atoms with Gasteiger partial charge < -0.3 is 14.4 Å². The third-order valence-electron chi connectivity index (χ3n) is 4.38. The van der Waals surface area contributed by atoms with Crippen LogP contribution in [0.4, 0.5) is 0 Å². The largest absolute Gasteiger partial charge is 0.487 e. The minimum Gasteiger partial charge on any atom is -0.400 e. The van der Waals surface area contributed by atoms with Crippen LogP contribution in [0.1, 0.15) is 73.6 Å². The fraction of sp³-hybridized carbons (Fsp3) is 0.875. The van der Waals surface area contributed by atoms with Crippen LogP contribution >= 0.6 is 0 Å². The van der Waals surface area contributed by atoms with Crippen molar-refractivity contribution in [3.8, 4) is 0 Å². The van der Waals surface area contributed by atoms with E-state index in [9.17, 15) is 5.11 Å². The van der Waals surface area contributed by atoms with Crippen molar-refractivity contribution in [3.63, 3.8) is 0 Å². The molecule has 0 amide bonds. The summed E-state index contributed by atoms with van der Waals surface area (Å²) in [5.41, 5.74) is 0.772. The van der Waals surface area contributed by atoms with Gasteiger partial charge >= 0.3 is 7.12 Å². The van der Waals surface area contributed by atoms with Gasteiger partial charge in [0.15, 0.2) is 0 Å². The number of hydrogen-bond acceptors (Lipinski definition) is 3. The number of allylic oxidation sites excluding steroid dienone is 1. The summed E-state index contributed by atoms with van der Waals surface area (Å²) in [6.45, 7) is 12.3. The van der Waals surface area contributed by atoms with Gasteiger partial charge in [-0.2, -0.15) is 0 Å². The lowest BCUT2D eigenvalue weighted by molar-refractivity contribution is 0.00578. The molecule has 1 unspecified atom stereocenters. The molecule has 0 radical (unpaired) electrons. The average Bonchev–Trinajstić information content (AvgIpc) is 2.50. The maximum absolute atomic E-state index is 9.46. The van der Waals surface area contributed by atoms with Gasteiger partial charge in [-0.1, -0.05) is 24.9 Å². The lowest BCUT2D eigenvalue weighted by Gasteiger charge is -2.32. The average molecular weight is 282 g/mol. The molecule has 0 aromatic heterocycles. The van der Waals surface area contributed by atoms with E-state index in [0.717, 1.165) is 19.3 Å². The van der Waals surface area contributed by atoms with Crippen LogP contribution in [0.5, 0.6) is 0 Å². The lowest BCUT2D eigenvalue weighted by atomic mass is 9.84. The molecular weight excluding hydrogens is 251 g/mol. The third-order valence-corrected chi connectivity index (χ3v) is 4.38. The van der Waals surface area contributed by atoms with E-state index in [1.54, 1.807) is 0 Å². The SMILES string of the molecule is CCCC/C(=C\B1OC(C)(C)C(C)(C)O1)CCC(C)O. The molecular formula is C16H31BO3. The molecule has 0 bridgehead atoms. The van der Waals surface area contributed by atoms with Crippen molar-refractivity contribution >= 4 is 7.12 Å². The van der Waals surface area contributed by atoms with E-state index < -0.39 is 0 Å². The second kappa shape index (κ2) is 7.10. The van der Waals surface area contributed by atoms with Crippen LogP contribution in [-0.4, -0.2) is 29.5 Å². The first-order valence-corrected chi connectivity index (χ1v) is 7.91. The quantitative estimate of drug-likeness (QED) is 0.720. The Morgan fingerprint density at radius 1 is 1.15 bits per heavy atom.